The molecule has 1 aromatic rings. The molecule has 13 heavy (non-hydrogen) atoms. The van der Waals surface area contributed by atoms with E-state index in [2.05, 4.69) is 39.8 Å². The fraction of sp³-hybridized carbons (Fsp3) is 0.500. The van der Waals surface area contributed by atoms with Gasteiger partial charge in [-0.15, -0.1) is 0 Å². The van der Waals surface area contributed by atoms with Crippen molar-refractivity contribution in [2.45, 2.75) is 33.6 Å². The Hall–Kier alpha value is -0.980. The monoisotopic (exact) mass is 178 g/mol. The molecule has 0 heterocycles. The summed E-state index contributed by atoms with van der Waals surface area (Å²) in [4.78, 5) is 0. The number of methoxy groups -OCH3 is 1. The minimum Gasteiger partial charge on any atom is -0.496 e. The molecule has 0 unspecified atom stereocenters. The molecule has 0 aliphatic heterocycles. The quantitative estimate of drug-likeness (QED) is 0.674. The lowest BCUT2D eigenvalue weighted by atomic mass is 9.94. The fourth-order valence-electron chi connectivity index (χ4n) is 1.66. The SMILES string of the molecule is COc1ccc(C(C)C)c(C)c1C. The van der Waals surface area contributed by atoms with Gasteiger partial charge < -0.3 is 4.74 Å². The smallest absolute Gasteiger partial charge is 0.122 e. The molecule has 1 aromatic carbocycles. The third-order valence-corrected chi connectivity index (χ3v) is 2.62. The van der Waals surface area contributed by atoms with E-state index in [1.807, 2.05) is 0 Å². The molecule has 1 heteroatoms. The summed E-state index contributed by atoms with van der Waals surface area (Å²) in [5, 5.41) is 0. The third-order valence-electron chi connectivity index (χ3n) is 2.62. The lowest BCUT2D eigenvalue weighted by molar-refractivity contribution is 0.411. The Morgan fingerprint density at radius 2 is 1.69 bits per heavy atom. The van der Waals surface area contributed by atoms with Crippen LogP contribution in [-0.4, -0.2) is 7.11 Å². The number of rotatable bonds is 2. The van der Waals surface area contributed by atoms with Crippen molar-refractivity contribution in [2.24, 2.45) is 0 Å². The summed E-state index contributed by atoms with van der Waals surface area (Å²) in [5.41, 5.74) is 4.03. The van der Waals surface area contributed by atoms with E-state index >= 15 is 0 Å². The predicted octanol–water partition coefficient (Wildman–Crippen LogP) is 3.44. The molecular weight excluding hydrogens is 160 g/mol. The van der Waals surface area contributed by atoms with Crippen molar-refractivity contribution in [1.82, 2.24) is 0 Å². The van der Waals surface area contributed by atoms with E-state index < -0.39 is 0 Å². The molecule has 0 saturated carbocycles. The molecule has 0 bridgehead atoms. The van der Waals surface area contributed by atoms with Crippen molar-refractivity contribution < 1.29 is 4.74 Å². The van der Waals surface area contributed by atoms with Crippen LogP contribution in [0.15, 0.2) is 12.1 Å². The van der Waals surface area contributed by atoms with Crippen LogP contribution < -0.4 is 4.74 Å². The van der Waals surface area contributed by atoms with Crippen LogP contribution in [0.5, 0.6) is 5.75 Å². The van der Waals surface area contributed by atoms with Crippen LogP contribution in [-0.2, 0) is 0 Å². The molecular formula is C12H18O. The fourth-order valence-corrected chi connectivity index (χ4v) is 1.66. The van der Waals surface area contributed by atoms with Gasteiger partial charge in [0.15, 0.2) is 0 Å². The average molecular weight is 178 g/mol. The maximum atomic E-state index is 5.26. The van der Waals surface area contributed by atoms with Gasteiger partial charge in [0.1, 0.15) is 5.75 Å². The highest BCUT2D eigenvalue weighted by molar-refractivity contribution is 5.44. The Morgan fingerprint density at radius 3 is 2.15 bits per heavy atom. The van der Waals surface area contributed by atoms with Gasteiger partial charge in [0, 0.05) is 0 Å². The summed E-state index contributed by atoms with van der Waals surface area (Å²) in [6.45, 7) is 8.70. The second-order valence-corrected chi connectivity index (χ2v) is 3.76. The first-order chi connectivity index (χ1) is 6.07. The lowest BCUT2D eigenvalue weighted by Gasteiger charge is -2.14. The zero-order chi connectivity index (χ0) is 10.0. The van der Waals surface area contributed by atoms with E-state index in [1.54, 1.807) is 7.11 Å². The van der Waals surface area contributed by atoms with Crippen molar-refractivity contribution in [2.75, 3.05) is 7.11 Å². The highest BCUT2D eigenvalue weighted by Gasteiger charge is 2.08. The first-order valence-electron chi connectivity index (χ1n) is 4.72. The van der Waals surface area contributed by atoms with Crippen LogP contribution in [0.1, 0.15) is 36.5 Å². The van der Waals surface area contributed by atoms with E-state index in [0.717, 1.165) is 5.75 Å². The standard InChI is InChI=1S/C12H18O/c1-8(2)11-6-7-12(13-5)10(4)9(11)3/h6-8H,1-5H3. The summed E-state index contributed by atoms with van der Waals surface area (Å²) in [6, 6.07) is 4.21. The molecule has 0 saturated heterocycles. The molecule has 0 fully saturated rings. The molecule has 0 amide bonds. The summed E-state index contributed by atoms with van der Waals surface area (Å²) < 4.78 is 5.26. The topological polar surface area (TPSA) is 9.23 Å². The van der Waals surface area contributed by atoms with Crippen LogP contribution in [0.2, 0.25) is 0 Å². The van der Waals surface area contributed by atoms with Gasteiger partial charge >= 0.3 is 0 Å². The molecule has 72 valence electrons. The number of hydrogen-bond donors (Lipinski definition) is 0. The van der Waals surface area contributed by atoms with Crippen LogP contribution in [0.4, 0.5) is 0 Å². The maximum absolute atomic E-state index is 5.26. The molecule has 0 radical (unpaired) electrons. The highest BCUT2D eigenvalue weighted by atomic mass is 16.5. The van der Waals surface area contributed by atoms with Gasteiger partial charge in [-0.3, -0.25) is 0 Å². The highest BCUT2D eigenvalue weighted by Crippen LogP contribution is 2.28. The second kappa shape index (κ2) is 3.82. The van der Waals surface area contributed by atoms with Gasteiger partial charge in [0.05, 0.1) is 7.11 Å². The second-order valence-electron chi connectivity index (χ2n) is 3.76. The first-order valence-corrected chi connectivity index (χ1v) is 4.72. The number of ether oxygens (including phenoxy) is 1. The van der Waals surface area contributed by atoms with E-state index in [9.17, 15) is 0 Å². The molecule has 0 spiro atoms. The molecule has 1 nitrogen and oxygen atoms in total. The van der Waals surface area contributed by atoms with Crippen molar-refractivity contribution >= 4 is 0 Å². The summed E-state index contributed by atoms with van der Waals surface area (Å²) in [5.74, 6) is 1.58. The Morgan fingerprint density at radius 1 is 1.08 bits per heavy atom. The summed E-state index contributed by atoms with van der Waals surface area (Å²) in [6.07, 6.45) is 0. The average Bonchev–Trinajstić information content (AvgIpc) is 2.09. The molecule has 0 aromatic heterocycles. The molecule has 0 aliphatic rings. The van der Waals surface area contributed by atoms with Crippen LogP contribution in [0.25, 0.3) is 0 Å². The molecule has 1 rings (SSSR count). The van der Waals surface area contributed by atoms with E-state index in [0.29, 0.717) is 5.92 Å². The van der Waals surface area contributed by atoms with Gasteiger partial charge in [-0.05, 0) is 42.5 Å². The molecule has 0 atom stereocenters. The van der Waals surface area contributed by atoms with Crippen LogP contribution >= 0.6 is 0 Å². The van der Waals surface area contributed by atoms with Gasteiger partial charge in [0.2, 0.25) is 0 Å². The largest absolute Gasteiger partial charge is 0.496 e. The normalized spacial score (nSPS) is 10.6. The molecule has 0 N–H and O–H groups in total. The van der Waals surface area contributed by atoms with E-state index in [1.165, 1.54) is 16.7 Å². The lowest BCUT2D eigenvalue weighted by Crippen LogP contribution is -1.97. The Bertz CT molecular complexity index is 300. The molecule has 0 aliphatic carbocycles. The third kappa shape index (κ3) is 1.85. The van der Waals surface area contributed by atoms with Gasteiger partial charge in [-0.1, -0.05) is 19.9 Å². The number of benzene rings is 1. The number of hydrogen-bond acceptors (Lipinski definition) is 1. The van der Waals surface area contributed by atoms with Crippen molar-refractivity contribution in [3.05, 3.63) is 28.8 Å². The first kappa shape index (κ1) is 10.1. The summed E-state index contributed by atoms with van der Waals surface area (Å²) in [7, 11) is 1.72. The summed E-state index contributed by atoms with van der Waals surface area (Å²) >= 11 is 0. The Kier molecular flexibility index (Phi) is 2.97. The van der Waals surface area contributed by atoms with Crippen molar-refractivity contribution in [3.63, 3.8) is 0 Å². The van der Waals surface area contributed by atoms with Crippen LogP contribution in [0.3, 0.4) is 0 Å². The maximum Gasteiger partial charge on any atom is 0.122 e. The van der Waals surface area contributed by atoms with Gasteiger partial charge in [0.25, 0.3) is 0 Å². The Balaban J connectivity index is 3.23. The van der Waals surface area contributed by atoms with Crippen molar-refractivity contribution in [1.29, 1.82) is 0 Å². The van der Waals surface area contributed by atoms with Crippen molar-refractivity contribution in [3.8, 4) is 5.75 Å². The minimum atomic E-state index is 0.588. The zero-order valence-corrected chi connectivity index (χ0v) is 9.14. The van der Waals surface area contributed by atoms with Gasteiger partial charge in [-0.25, -0.2) is 0 Å². The zero-order valence-electron chi connectivity index (χ0n) is 9.14. The van der Waals surface area contributed by atoms with E-state index in [4.69, 9.17) is 4.74 Å². The van der Waals surface area contributed by atoms with E-state index in [-0.39, 0.29) is 0 Å². The predicted molar refractivity (Wildman–Crippen MR) is 56.6 cm³/mol. The minimum absolute atomic E-state index is 0.588. The van der Waals surface area contributed by atoms with Crippen LogP contribution in [0, 0.1) is 13.8 Å². The Labute approximate surface area is 80.7 Å². The van der Waals surface area contributed by atoms with Gasteiger partial charge in [-0.2, -0.15) is 0 Å².